The monoisotopic (exact) mass is 220 g/mol. The molecule has 1 aliphatic rings. The lowest BCUT2D eigenvalue weighted by Gasteiger charge is -2.27. The largest absolute Gasteiger partial charge is 0.508 e. The molecule has 16 heavy (non-hydrogen) atoms. The summed E-state index contributed by atoms with van der Waals surface area (Å²) >= 11 is 0. The number of aromatic hydroxyl groups is 1. The van der Waals surface area contributed by atoms with E-state index in [0.717, 1.165) is 37.5 Å². The van der Waals surface area contributed by atoms with Crippen molar-refractivity contribution in [2.45, 2.75) is 13.0 Å². The number of hydrogen-bond acceptors (Lipinski definition) is 3. The van der Waals surface area contributed by atoms with Gasteiger partial charge in [-0.15, -0.1) is 0 Å². The van der Waals surface area contributed by atoms with Crippen LogP contribution in [0.2, 0.25) is 0 Å². The third-order valence-corrected chi connectivity index (χ3v) is 3.02. The van der Waals surface area contributed by atoms with Gasteiger partial charge in [0.05, 0.1) is 0 Å². The van der Waals surface area contributed by atoms with Gasteiger partial charge in [0.2, 0.25) is 0 Å². The maximum absolute atomic E-state index is 9.75. The molecule has 1 aromatic rings. The number of nitrogens with zero attached hydrogens (tertiary/aromatic N) is 1. The molecule has 0 aliphatic carbocycles. The van der Waals surface area contributed by atoms with Crippen molar-refractivity contribution in [3.05, 3.63) is 29.3 Å². The van der Waals surface area contributed by atoms with Crippen molar-refractivity contribution in [2.24, 2.45) is 5.92 Å². The van der Waals surface area contributed by atoms with E-state index in [9.17, 15) is 5.11 Å². The third kappa shape index (κ3) is 2.74. The molecule has 88 valence electrons. The van der Waals surface area contributed by atoms with Gasteiger partial charge in [-0.25, -0.2) is 0 Å². The summed E-state index contributed by atoms with van der Waals surface area (Å²) in [4.78, 5) is 2.07. The van der Waals surface area contributed by atoms with E-state index in [4.69, 9.17) is 0 Å². The Morgan fingerprint density at radius 2 is 2.12 bits per heavy atom. The van der Waals surface area contributed by atoms with Crippen LogP contribution in [0.4, 0.5) is 0 Å². The molecule has 2 N–H and O–H groups in total. The number of phenolic OH excluding ortho intramolecular Hbond substituents is 1. The van der Waals surface area contributed by atoms with E-state index >= 15 is 0 Å². The minimum Gasteiger partial charge on any atom is -0.508 e. The molecule has 0 atom stereocenters. The second-order valence-corrected chi connectivity index (χ2v) is 4.93. The van der Waals surface area contributed by atoms with Crippen LogP contribution in [0.1, 0.15) is 11.1 Å². The topological polar surface area (TPSA) is 35.5 Å². The fourth-order valence-corrected chi connectivity index (χ4v) is 2.06. The average molecular weight is 220 g/mol. The first-order valence-electron chi connectivity index (χ1n) is 5.81. The SMILES string of the molecule is CN(C)Cc1cc(CC2CNC2)ccc1O. The van der Waals surface area contributed by atoms with Gasteiger partial charge in [0, 0.05) is 12.1 Å². The Labute approximate surface area is 97.1 Å². The Morgan fingerprint density at radius 1 is 1.38 bits per heavy atom. The number of nitrogens with one attached hydrogen (secondary N) is 1. The fourth-order valence-electron chi connectivity index (χ4n) is 2.06. The maximum atomic E-state index is 9.75. The van der Waals surface area contributed by atoms with E-state index in [2.05, 4.69) is 16.3 Å². The summed E-state index contributed by atoms with van der Waals surface area (Å²) in [6.07, 6.45) is 1.12. The molecule has 0 aromatic heterocycles. The second kappa shape index (κ2) is 4.85. The molecule has 1 aromatic carbocycles. The zero-order valence-corrected chi connectivity index (χ0v) is 10.0. The number of rotatable bonds is 4. The summed E-state index contributed by atoms with van der Waals surface area (Å²) in [5.41, 5.74) is 2.36. The first kappa shape index (κ1) is 11.4. The molecule has 3 heteroatoms. The first-order valence-corrected chi connectivity index (χ1v) is 5.81. The summed E-state index contributed by atoms with van der Waals surface area (Å²) in [6.45, 7) is 3.05. The van der Waals surface area contributed by atoms with E-state index in [1.165, 1.54) is 5.56 Å². The Kier molecular flexibility index (Phi) is 3.46. The van der Waals surface area contributed by atoms with Gasteiger partial charge in [-0.1, -0.05) is 12.1 Å². The zero-order chi connectivity index (χ0) is 11.5. The summed E-state index contributed by atoms with van der Waals surface area (Å²) in [7, 11) is 4.03. The Hall–Kier alpha value is -1.06. The third-order valence-electron chi connectivity index (χ3n) is 3.02. The number of hydrogen-bond donors (Lipinski definition) is 2. The van der Waals surface area contributed by atoms with Gasteiger partial charge in [-0.05, 0) is 51.2 Å². The highest BCUT2D eigenvalue weighted by atomic mass is 16.3. The molecule has 1 saturated heterocycles. The maximum Gasteiger partial charge on any atom is 0.120 e. The summed E-state index contributed by atoms with van der Waals surface area (Å²) in [5.74, 6) is 1.18. The number of benzene rings is 1. The minimum atomic E-state index is 0.407. The van der Waals surface area contributed by atoms with E-state index in [1.54, 1.807) is 0 Å². The van der Waals surface area contributed by atoms with Gasteiger partial charge < -0.3 is 15.3 Å². The highest BCUT2D eigenvalue weighted by molar-refractivity contribution is 5.36. The normalized spacial score (nSPS) is 16.4. The molecular weight excluding hydrogens is 200 g/mol. The van der Waals surface area contributed by atoms with Gasteiger partial charge in [0.1, 0.15) is 5.75 Å². The van der Waals surface area contributed by atoms with E-state index in [0.29, 0.717) is 5.75 Å². The minimum absolute atomic E-state index is 0.407. The van der Waals surface area contributed by atoms with Crippen LogP contribution in [0.5, 0.6) is 5.75 Å². The van der Waals surface area contributed by atoms with Crippen LogP contribution < -0.4 is 5.32 Å². The lowest BCUT2D eigenvalue weighted by Crippen LogP contribution is -2.43. The van der Waals surface area contributed by atoms with Crippen molar-refractivity contribution in [1.29, 1.82) is 0 Å². The molecule has 0 amide bonds. The molecule has 2 rings (SSSR count). The Bertz CT molecular complexity index is 359. The second-order valence-electron chi connectivity index (χ2n) is 4.93. The standard InChI is InChI=1S/C13H20N2O/c1-15(2)9-12-6-10(3-4-13(12)16)5-11-7-14-8-11/h3-4,6,11,14,16H,5,7-9H2,1-2H3. The molecule has 0 unspecified atom stereocenters. The van der Waals surface area contributed by atoms with Crippen molar-refractivity contribution in [2.75, 3.05) is 27.2 Å². The summed E-state index contributed by atoms with van der Waals surface area (Å²) < 4.78 is 0. The van der Waals surface area contributed by atoms with Gasteiger partial charge in [-0.3, -0.25) is 0 Å². The molecule has 0 spiro atoms. The quantitative estimate of drug-likeness (QED) is 0.801. The van der Waals surface area contributed by atoms with Crippen LogP contribution >= 0.6 is 0 Å². The predicted octanol–water partition coefficient (Wildman–Crippen LogP) is 1.22. The lowest BCUT2D eigenvalue weighted by molar-refractivity contribution is 0.345. The lowest BCUT2D eigenvalue weighted by atomic mass is 9.93. The molecular formula is C13H20N2O. The van der Waals surface area contributed by atoms with Crippen LogP contribution in [0.25, 0.3) is 0 Å². The van der Waals surface area contributed by atoms with E-state index in [-0.39, 0.29) is 0 Å². The van der Waals surface area contributed by atoms with Crippen molar-refractivity contribution in [1.82, 2.24) is 10.2 Å². The average Bonchev–Trinajstić information content (AvgIpc) is 2.15. The van der Waals surface area contributed by atoms with Gasteiger partial charge in [0.15, 0.2) is 0 Å². The van der Waals surface area contributed by atoms with E-state index in [1.807, 2.05) is 26.2 Å². The first-order chi connectivity index (χ1) is 7.65. The Balaban J connectivity index is 2.07. The molecule has 0 bridgehead atoms. The molecule has 1 aliphatic heterocycles. The summed E-state index contributed by atoms with van der Waals surface area (Å²) in [6, 6.07) is 5.99. The fraction of sp³-hybridized carbons (Fsp3) is 0.538. The Morgan fingerprint density at radius 3 is 2.69 bits per heavy atom. The smallest absolute Gasteiger partial charge is 0.120 e. The van der Waals surface area contributed by atoms with Crippen molar-refractivity contribution < 1.29 is 5.11 Å². The van der Waals surface area contributed by atoms with Crippen molar-refractivity contribution >= 4 is 0 Å². The summed E-state index contributed by atoms with van der Waals surface area (Å²) in [5, 5.41) is 13.0. The van der Waals surface area contributed by atoms with E-state index < -0.39 is 0 Å². The van der Waals surface area contributed by atoms with Crippen LogP contribution in [0, 0.1) is 5.92 Å². The van der Waals surface area contributed by atoms with Crippen molar-refractivity contribution in [3.63, 3.8) is 0 Å². The van der Waals surface area contributed by atoms with Gasteiger partial charge >= 0.3 is 0 Å². The molecule has 0 radical (unpaired) electrons. The van der Waals surface area contributed by atoms with Crippen LogP contribution in [-0.2, 0) is 13.0 Å². The molecule has 3 nitrogen and oxygen atoms in total. The molecule has 1 fully saturated rings. The molecule has 0 saturated carbocycles. The van der Waals surface area contributed by atoms with Crippen LogP contribution in [0.3, 0.4) is 0 Å². The highest BCUT2D eigenvalue weighted by Crippen LogP contribution is 2.22. The van der Waals surface area contributed by atoms with Crippen LogP contribution in [-0.4, -0.2) is 37.2 Å². The van der Waals surface area contributed by atoms with Gasteiger partial charge in [-0.2, -0.15) is 0 Å². The number of phenols is 1. The highest BCUT2D eigenvalue weighted by Gasteiger charge is 2.17. The predicted molar refractivity (Wildman–Crippen MR) is 65.6 cm³/mol. The van der Waals surface area contributed by atoms with Crippen molar-refractivity contribution in [3.8, 4) is 5.75 Å². The molecule has 1 heterocycles. The van der Waals surface area contributed by atoms with Crippen LogP contribution in [0.15, 0.2) is 18.2 Å². The zero-order valence-electron chi connectivity index (χ0n) is 10.0. The van der Waals surface area contributed by atoms with Gasteiger partial charge in [0.25, 0.3) is 0 Å².